The van der Waals surface area contributed by atoms with Gasteiger partial charge in [-0.1, -0.05) is 33.8 Å². The lowest BCUT2D eigenvalue weighted by Crippen LogP contribution is -2.48. The van der Waals surface area contributed by atoms with Gasteiger partial charge in [0.05, 0.1) is 0 Å². The Kier molecular flexibility index (Phi) is 3.33. The summed E-state index contributed by atoms with van der Waals surface area (Å²) in [5.74, 6) is 1.82. The quantitative estimate of drug-likeness (QED) is 0.551. The monoisotopic (exact) mass is 236 g/mol. The van der Waals surface area contributed by atoms with Gasteiger partial charge >= 0.3 is 5.97 Å². The lowest BCUT2D eigenvalue weighted by Gasteiger charge is -2.56. The van der Waals surface area contributed by atoms with Crippen molar-refractivity contribution >= 4 is 5.97 Å². The molecule has 2 unspecified atom stereocenters. The standard InChI is InChI=1S/C15H24O2/c1-10(2)7-14(16)17-9-11-5-6-12-8-13(11)15(12,3)4/h5,10,12-13H,6-9H2,1-4H3. The van der Waals surface area contributed by atoms with E-state index in [1.807, 2.05) is 13.8 Å². The molecule has 3 aliphatic carbocycles. The Hall–Kier alpha value is -0.790. The summed E-state index contributed by atoms with van der Waals surface area (Å²) in [6, 6.07) is 0. The van der Waals surface area contributed by atoms with Crippen LogP contribution in [0.1, 0.15) is 47.0 Å². The third-order valence-electron chi connectivity index (χ3n) is 4.56. The number of esters is 1. The lowest BCUT2D eigenvalue weighted by atomic mass is 9.49. The van der Waals surface area contributed by atoms with E-state index in [9.17, 15) is 4.79 Å². The summed E-state index contributed by atoms with van der Waals surface area (Å²) < 4.78 is 5.37. The molecular weight excluding hydrogens is 212 g/mol. The normalized spacial score (nSPS) is 29.6. The molecule has 96 valence electrons. The zero-order chi connectivity index (χ0) is 12.6. The minimum Gasteiger partial charge on any atom is -0.461 e. The van der Waals surface area contributed by atoms with Gasteiger partial charge in [0.25, 0.3) is 0 Å². The summed E-state index contributed by atoms with van der Waals surface area (Å²) >= 11 is 0. The Morgan fingerprint density at radius 2 is 2.24 bits per heavy atom. The van der Waals surface area contributed by atoms with Crippen LogP contribution in [0, 0.1) is 23.2 Å². The van der Waals surface area contributed by atoms with Gasteiger partial charge in [-0.25, -0.2) is 0 Å². The van der Waals surface area contributed by atoms with Crippen LogP contribution in [0.3, 0.4) is 0 Å². The molecule has 0 aromatic rings. The first-order chi connectivity index (χ1) is 7.91. The van der Waals surface area contributed by atoms with Gasteiger partial charge in [-0.2, -0.15) is 0 Å². The lowest BCUT2D eigenvalue weighted by molar-refractivity contribution is -0.144. The van der Waals surface area contributed by atoms with E-state index in [1.165, 1.54) is 18.4 Å². The first-order valence-corrected chi connectivity index (χ1v) is 6.75. The van der Waals surface area contributed by atoms with Crippen molar-refractivity contribution < 1.29 is 9.53 Å². The highest BCUT2D eigenvalue weighted by molar-refractivity contribution is 5.69. The summed E-state index contributed by atoms with van der Waals surface area (Å²) in [7, 11) is 0. The molecule has 3 aliphatic rings. The van der Waals surface area contributed by atoms with Crippen molar-refractivity contribution in [3.63, 3.8) is 0 Å². The van der Waals surface area contributed by atoms with E-state index in [-0.39, 0.29) is 5.97 Å². The van der Waals surface area contributed by atoms with Crippen LogP contribution >= 0.6 is 0 Å². The van der Waals surface area contributed by atoms with E-state index in [0.29, 0.717) is 30.3 Å². The molecule has 0 aromatic heterocycles. The molecule has 2 nitrogen and oxygen atoms in total. The molecule has 0 heterocycles. The molecule has 1 saturated carbocycles. The predicted molar refractivity (Wildman–Crippen MR) is 68.5 cm³/mol. The van der Waals surface area contributed by atoms with Gasteiger partial charge in [-0.15, -0.1) is 0 Å². The Balaban J connectivity index is 1.85. The van der Waals surface area contributed by atoms with E-state index in [2.05, 4.69) is 19.9 Å². The van der Waals surface area contributed by atoms with Gasteiger partial charge in [0.1, 0.15) is 6.61 Å². The Morgan fingerprint density at radius 3 is 2.76 bits per heavy atom. The fourth-order valence-corrected chi connectivity index (χ4v) is 3.20. The molecule has 0 saturated heterocycles. The number of hydrogen-bond acceptors (Lipinski definition) is 2. The van der Waals surface area contributed by atoms with Gasteiger partial charge < -0.3 is 4.74 Å². The van der Waals surface area contributed by atoms with E-state index >= 15 is 0 Å². The largest absolute Gasteiger partial charge is 0.461 e. The van der Waals surface area contributed by atoms with Gasteiger partial charge in [-0.3, -0.25) is 4.79 Å². The average molecular weight is 236 g/mol. The summed E-state index contributed by atoms with van der Waals surface area (Å²) in [5, 5.41) is 0. The highest BCUT2D eigenvalue weighted by atomic mass is 16.5. The van der Waals surface area contributed by atoms with E-state index in [0.717, 1.165) is 5.92 Å². The van der Waals surface area contributed by atoms with Crippen molar-refractivity contribution in [1.29, 1.82) is 0 Å². The van der Waals surface area contributed by atoms with Crippen LogP contribution in [-0.2, 0) is 9.53 Å². The minimum absolute atomic E-state index is 0.0554. The fourth-order valence-electron chi connectivity index (χ4n) is 3.20. The third-order valence-corrected chi connectivity index (χ3v) is 4.56. The van der Waals surface area contributed by atoms with Gasteiger partial charge in [0.2, 0.25) is 0 Å². The highest BCUT2D eigenvalue weighted by Gasteiger charge is 2.51. The third kappa shape index (κ3) is 2.41. The molecular formula is C15H24O2. The summed E-state index contributed by atoms with van der Waals surface area (Å²) in [6.45, 7) is 9.29. The molecule has 0 aromatic carbocycles. The van der Waals surface area contributed by atoms with Crippen LogP contribution < -0.4 is 0 Å². The van der Waals surface area contributed by atoms with E-state index in [1.54, 1.807) is 0 Å². The molecule has 2 bridgehead atoms. The number of allylic oxidation sites excluding steroid dienone is 1. The molecule has 0 aliphatic heterocycles. The number of carbonyl (C=O) groups is 1. The number of ether oxygens (including phenoxy) is 1. The smallest absolute Gasteiger partial charge is 0.306 e. The van der Waals surface area contributed by atoms with Crippen molar-refractivity contribution in [1.82, 2.24) is 0 Å². The van der Waals surface area contributed by atoms with Crippen molar-refractivity contribution in [2.75, 3.05) is 6.61 Å². The van der Waals surface area contributed by atoms with Crippen molar-refractivity contribution in [2.45, 2.75) is 47.0 Å². The molecule has 0 radical (unpaired) electrons. The van der Waals surface area contributed by atoms with Crippen LogP contribution in [0.5, 0.6) is 0 Å². The van der Waals surface area contributed by atoms with E-state index in [4.69, 9.17) is 4.74 Å². The predicted octanol–water partition coefficient (Wildman–Crippen LogP) is 3.57. The second kappa shape index (κ2) is 4.47. The molecule has 2 heteroatoms. The zero-order valence-electron chi connectivity index (χ0n) is 11.5. The minimum atomic E-state index is -0.0554. The summed E-state index contributed by atoms with van der Waals surface area (Å²) in [5.41, 5.74) is 1.78. The molecule has 0 amide bonds. The van der Waals surface area contributed by atoms with Crippen LogP contribution in [0.25, 0.3) is 0 Å². The maximum absolute atomic E-state index is 11.5. The zero-order valence-corrected chi connectivity index (χ0v) is 11.5. The van der Waals surface area contributed by atoms with Crippen LogP contribution in [0.2, 0.25) is 0 Å². The second-order valence-corrected chi connectivity index (χ2v) is 6.58. The Bertz CT molecular complexity index is 339. The van der Waals surface area contributed by atoms with Gasteiger partial charge in [0.15, 0.2) is 0 Å². The number of hydrogen-bond donors (Lipinski definition) is 0. The second-order valence-electron chi connectivity index (χ2n) is 6.58. The number of rotatable bonds is 4. The Labute approximate surface area is 104 Å². The topological polar surface area (TPSA) is 26.3 Å². The molecule has 1 fully saturated rings. The van der Waals surface area contributed by atoms with Gasteiger partial charge in [0, 0.05) is 6.42 Å². The highest BCUT2D eigenvalue weighted by Crippen LogP contribution is 2.59. The summed E-state index contributed by atoms with van der Waals surface area (Å²) in [4.78, 5) is 11.5. The van der Waals surface area contributed by atoms with Crippen LogP contribution in [0.4, 0.5) is 0 Å². The number of fused-ring (bicyclic) bond motifs is 1. The van der Waals surface area contributed by atoms with Gasteiger partial charge in [-0.05, 0) is 41.6 Å². The van der Waals surface area contributed by atoms with Crippen molar-refractivity contribution in [3.8, 4) is 0 Å². The SMILES string of the molecule is CC(C)CC(=O)OCC1=CCC2CC1C2(C)C. The van der Waals surface area contributed by atoms with Crippen LogP contribution in [-0.4, -0.2) is 12.6 Å². The maximum atomic E-state index is 11.5. The van der Waals surface area contributed by atoms with Crippen molar-refractivity contribution in [2.24, 2.45) is 23.2 Å². The molecule has 0 N–H and O–H groups in total. The molecule has 2 atom stereocenters. The maximum Gasteiger partial charge on any atom is 0.306 e. The average Bonchev–Trinajstić information content (AvgIpc) is 2.25. The first-order valence-electron chi connectivity index (χ1n) is 6.75. The molecule has 0 spiro atoms. The van der Waals surface area contributed by atoms with Crippen molar-refractivity contribution in [3.05, 3.63) is 11.6 Å². The number of carbonyl (C=O) groups excluding carboxylic acids is 1. The Morgan fingerprint density at radius 1 is 1.53 bits per heavy atom. The molecule has 17 heavy (non-hydrogen) atoms. The molecule has 3 rings (SSSR count). The first kappa shape index (κ1) is 12.7. The summed E-state index contributed by atoms with van der Waals surface area (Å²) in [6.07, 6.45) is 5.29. The van der Waals surface area contributed by atoms with E-state index < -0.39 is 0 Å². The fraction of sp³-hybridized carbons (Fsp3) is 0.800. The van der Waals surface area contributed by atoms with Crippen LogP contribution in [0.15, 0.2) is 11.6 Å².